The maximum Gasteiger partial charge on any atom is 0.104 e. The molecule has 1 saturated heterocycles. The van der Waals surface area contributed by atoms with Gasteiger partial charge in [0.15, 0.2) is 0 Å². The summed E-state index contributed by atoms with van der Waals surface area (Å²) in [4.78, 5) is 5.30. The third-order valence-corrected chi connectivity index (χ3v) is 2.04. The van der Waals surface area contributed by atoms with Gasteiger partial charge in [0, 0.05) is 13.1 Å². The van der Waals surface area contributed by atoms with Crippen molar-refractivity contribution in [3.05, 3.63) is 0 Å². The number of aliphatic hydroxyl groups is 1. The molecule has 1 aliphatic rings. The Balaban J connectivity index is 2.36. The Hall–Kier alpha value is -0.120. The Bertz CT molecular complexity index is 108. The van der Waals surface area contributed by atoms with Crippen molar-refractivity contribution < 1.29 is 9.94 Å². The number of hydrogen-bond donors (Lipinski definition) is 1. The van der Waals surface area contributed by atoms with E-state index in [1.54, 1.807) is 0 Å². The minimum atomic E-state index is 0.0370. The van der Waals surface area contributed by atoms with Crippen LogP contribution in [0.4, 0.5) is 0 Å². The molecule has 0 saturated carbocycles. The molecule has 1 rings (SSSR count). The van der Waals surface area contributed by atoms with Gasteiger partial charge in [0.1, 0.15) is 6.10 Å². The first kappa shape index (κ1) is 7.98. The van der Waals surface area contributed by atoms with Gasteiger partial charge in [0.05, 0.1) is 6.61 Å². The normalized spacial score (nSPS) is 35.1. The minimum absolute atomic E-state index is 0.0370. The monoisotopic (exact) mass is 145 g/mol. The zero-order chi connectivity index (χ0) is 7.56. The van der Waals surface area contributed by atoms with Crippen LogP contribution >= 0.6 is 0 Å². The number of hydroxylamine groups is 2. The summed E-state index contributed by atoms with van der Waals surface area (Å²) in [7, 11) is 1.92. The Kier molecular flexibility index (Phi) is 2.65. The number of hydrogen-bond acceptors (Lipinski definition) is 3. The minimum Gasteiger partial charge on any atom is -0.394 e. The van der Waals surface area contributed by atoms with Gasteiger partial charge in [0.2, 0.25) is 0 Å². The van der Waals surface area contributed by atoms with E-state index in [0.29, 0.717) is 6.04 Å². The van der Waals surface area contributed by atoms with E-state index in [1.165, 1.54) is 0 Å². The molecule has 0 aromatic carbocycles. The first-order valence-corrected chi connectivity index (χ1v) is 3.78. The molecule has 60 valence electrons. The van der Waals surface area contributed by atoms with Gasteiger partial charge in [0.25, 0.3) is 0 Å². The summed E-state index contributed by atoms with van der Waals surface area (Å²) in [6.45, 7) is 2.27. The van der Waals surface area contributed by atoms with Crippen molar-refractivity contribution in [2.45, 2.75) is 31.9 Å². The standard InChI is InChI=1S/C7H15NO2/c1-3-6-4-7(5-9)10-8(6)2/h6-7,9H,3-5H2,1-2H3. The van der Waals surface area contributed by atoms with Crippen LogP contribution in [0.2, 0.25) is 0 Å². The zero-order valence-electron chi connectivity index (χ0n) is 6.58. The van der Waals surface area contributed by atoms with Crippen molar-refractivity contribution in [2.24, 2.45) is 0 Å². The Morgan fingerprint density at radius 2 is 2.40 bits per heavy atom. The number of nitrogens with zero attached hydrogens (tertiary/aromatic N) is 1. The van der Waals surface area contributed by atoms with Crippen molar-refractivity contribution in [1.82, 2.24) is 5.06 Å². The molecule has 0 amide bonds. The molecule has 0 aromatic rings. The maximum absolute atomic E-state index is 8.75. The van der Waals surface area contributed by atoms with Gasteiger partial charge in [-0.05, 0) is 12.8 Å². The number of aliphatic hydroxyl groups excluding tert-OH is 1. The topological polar surface area (TPSA) is 32.7 Å². The van der Waals surface area contributed by atoms with Gasteiger partial charge in [-0.25, -0.2) is 0 Å². The lowest BCUT2D eigenvalue weighted by Gasteiger charge is -2.14. The first-order chi connectivity index (χ1) is 4.77. The van der Waals surface area contributed by atoms with E-state index >= 15 is 0 Å². The summed E-state index contributed by atoms with van der Waals surface area (Å²) in [5.74, 6) is 0. The van der Waals surface area contributed by atoms with E-state index in [1.807, 2.05) is 12.1 Å². The average Bonchev–Trinajstić information content (AvgIpc) is 2.30. The van der Waals surface area contributed by atoms with Crippen molar-refractivity contribution in [3.63, 3.8) is 0 Å². The van der Waals surface area contributed by atoms with Crippen molar-refractivity contribution >= 4 is 0 Å². The SMILES string of the molecule is CCC1CC(CO)ON1C. The Morgan fingerprint density at radius 1 is 1.70 bits per heavy atom. The Morgan fingerprint density at radius 3 is 2.70 bits per heavy atom. The molecule has 0 aromatic heterocycles. The van der Waals surface area contributed by atoms with Gasteiger partial charge < -0.3 is 5.11 Å². The summed E-state index contributed by atoms with van der Waals surface area (Å²) in [6, 6.07) is 0.497. The molecule has 2 unspecified atom stereocenters. The third-order valence-electron chi connectivity index (χ3n) is 2.04. The molecule has 1 heterocycles. The molecule has 3 nitrogen and oxygen atoms in total. The highest BCUT2D eigenvalue weighted by Gasteiger charge is 2.28. The van der Waals surface area contributed by atoms with Crippen LogP contribution in [-0.4, -0.2) is 36.0 Å². The summed E-state index contributed by atoms with van der Waals surface area (Å²) in [5.41, 5.74) is 0. The second kappa shape index (κ2) is 3.32. The van der Waals surface area contributed by atoms with E-state index in [4.69, 9.17) is 9.94 Å². The van der Waals surface area contributed by atoms with Crippen LogP contribution in [0, 0.1) is 0 Å². The fraction of sp³-hybridized carbons (Fsp3) is 1.00. The molecule has 0 radical (unpaired) electrons. The summed E-state index contributed by atoms with van der Waals surface area (Å²) >= 11 is 0. The van der Waals surface area contributed by atoms with E-state index < -0.39 is 0 Å². The largest absolute Gasteiger partial charge is 0.394 e. The zero-order valence-corrected chi connectivity index (χ0v) is 6.58. The molecule has 0 aliphatic carbocycles. The molecular weight excluding hydrogens is 130 g/mol. The fourth-order valence-electron chi connectivity index (χ4n) is 1.35. The molecular formula is C7H15NO2. The van der Waals surface area contributed by atoms with Gasteiger partial charge in [-0.15, -0.1) is 0 Å². The van der Waals surface area contributed by atoms with Crippen LogP contribution in [0.3, 0.4) is 0 Å². The summed E-state index contributed by atoms with van der Waals surface area (Å²) in [5, 5.41) is 10.6. The second-order valence-electron chi connectivity index (χ2n) is 2.75. The Labute approximate surface area is 61.5 Å². The van der Waals surface area contributed by atoms with Crippen LogP contribution in [0.25, 0.3) is 0 Å². The van der Waals surface area contributed by atoms with Gasteiger partial charge in [-0.2, -0.15) is 5.06 Å². The lowest BCUT2D eigenvalue weighted by molar-refractivity contribution is -0.152. The van der Waals surface area contributed by atoms with E-state index in [2.05, 4.69) is 6.92 Å². The molecule has 3 heteroatoms. The van der Waals surface area contributed by atoms with Crippen molar-refractivity contribution in [3.8, 4) is 0 Å². The van der Waals surface area contributed by atoms with Crippen molar-refractivity contribution in [1.29, 1.82) is 0 Å². The van der Waals surface area contributed by atoms with Gasteiger partial charge >= 0.3 is 0 Å². The summed E-state index contributed by atoms with van der Waals surface area (Å²) < 4.78 is 0. The summed E-state index contributed by atoms with van der Waals surface area (Å²) in [6.07, 6.45) is 2.09. The predicted molar refractivity (Wildman–Crippen MR) is 38.4 cm³/mol. The van der Waals surface area contributed by atoms with E-state index in [0.717, 1.165) is 12.8 Å². The smallest absolute Gasteiger partial charge is 0.104 e. The first-order valence-electron chi connectivity index (χ1n) is 3.78. The fourth-order valence-corrected chi connectivity index (χ4v) is 1.35. The van der Waals surface area contributed by atoms with Gasteiger partial charge in [-0.3, -0.25) is 4.84 Å². The van der Waals surface area contributed by atoms with Crippen LogP contribution in [0.1, 0.15) is 19.8 Å². The highest BCUT2D eigenvalue weighted by atomic mass is 16.7. The van der Waals surface area contributed by atoms with Crippen LogP contribution in [0.5, 0.6) is 0 Å². The maximum atomic E-state index is 8.75. The highest BCUT2D eigenvalue weighted by molar-refractivity contribution is 4.73. The van der Waals surface area contributed by atoms with Crippen LogP contribution in [0.15, 0.2) is 0 Å². The lowest BCUT2D eigenvalue weighted by Crippen LogP contribution is -2.22. The molecule has 1 N–H and O–H groups in total. The third kappa shape index (κ3) is 1.48. The molecule has 0 bridgehead atoms. The molecule has 0 spiro atoms. The van der Waals surface area contributed by atoms with E-state index in [-0.39, 0.29) is 12.7 Å². The van der Waals surface area contributed by atoms with Gasteiger partial charge in [-0.1, -0.05) is 6.92 Å². The molecule has 1 aliphatic heterocycles. The van der Waals surface area contributed by atoms with Crippen LogP contribution < -0.4 is 0 Å². The molecule has 2 atom stereocenters. The highest BCUT2D eigenvalue weighted by Crippen LogP contribution is 2.20. The van der Waals surface area contributed by atoms with Crippen LogP contribution in [-0.2, 0) is 4.84 Å². The lowest BCUT2D eigenvalue weighted by atomic mass is 10.1. The average molecular weight is 145 g/mol. The molecule has 10 heavy (non-hydrogen) atoms. The second-order valence-corrected chi connectivity index (χ2v) is 2.75. The molecule has 1 fully saturated rings. The van der Waals surface area contributed by atoms with E-state index in [9.17, 15) is 0 Å². The number of rotatable bonds is 2. The predicted octanol–water partition coefficient (Wildman–Crippen LogP) is 0.393. The van der Waals surface area contributed by atoms with Crippen molar-refractivity contribution in [2.75, 3.05) is 13.7 Å². The quantitative estimate of drug-likeness (QED) is 0.610.